The number of hydrogen-bond donors (Lipinski definition) is 1. The van der Waals surface area contributed by atoms with Crippen LogP contribution in [0.25, 0.3) is 0 Å². The van der Waals surface area contributed by atoms with Crippen LogP contribution in [0.3, 0.4) is 0 Å². The third kappa shape index (κ3) is 1.77. The van der Waals surface area contributed by atoms with Crippen molar-refractivity contribution in [1.82, 2.24) is 9.78 Å². The fraction of sp³-hybridized carbons (Fsp3) is 0.429. The largest absolute Gasteiger partial charge is 0.393 e. The van der Waals surface area contributed by atoms with Crippen molar-refractivity contribution in [3.63, 3.8) is 0 Å². The quantitative estimate of drug-likeness (QED) is 0.658. The zero-order chi connectivity index (χ0) is 8.43. The van der Waals surface area contributed by atoms with E-state index in [1.807, 2.05) is 18.7 Å². The molecule has 0 aliphatic carbocycles. The van der Waals surface area contributed by atoms with E-state index in [4.69, 9.17) is 18.0 Å². The molecule has 1 aromatic heterocycles. The van der Waals surface area contributed by atoms with Crippen molar-refractivity contribution >= 4 is 17.2 Å². The monoisotopic (exact) mass is 169 g/mol. The number of rotatable bonds is 2. The summed E-state index contributed by atoms with van der Waals surface area (Å²) in [5.74, 6) is 0. The Bertz CT molecular complexity index is 277. The Hall–Kier alpha value is -0.900. The van der Waals surface area contributed by atoms with Crippen molar-refractivity contribution < 1.29 is 0 Å². The molecule has 0 aromatic carbocycles. The van der Waals surface area contributed by atoms with Crippen LogP contribution in [0.4, 0.5) is 0 Å². The van der Waals surface area contributed by atoms with E-state index in [1.165, 1.54) is 0 Å². The maximum atomic E-state index is 5.40. The maximum Gasteiger partial charge on any atom is 0.0773 e. The second-order valence-corrected chi connectivity index (χ2v) is 3.05. The van der Waals surface area contributed by atoms with Gasteiger partial charge in [-0.1, -0.05) is 12.2 Å². The van der Waals surface area contributed by atoms with Gasteiger partial charge < -0.3 is 5.73 Å². The van der Waals surface area contributed by atoms with Crippen molar-refractivity contribution in [2.75, 3.05) is 0 Å². The van der Waals surface area contributed by atoms with Gasteiger partial charge in [0.1, 0.15) is 0 Å². The molecule has 0 unspecified atom stereocenters. The van der Waals surface area contributed by atoms with E-state index in [1.54, 1.807) is 6.20 Å². The summed E-state index contributed by atoms with van der Waals surface area (Å²) in [6.45, 7) is 2.00. The van der Waals surface area contributed by atoms with Crippen molar-refractivity contribution in [1.29, 1.82) is 0 Å². The van der Waals surface area contributed by atoms with Gasteiger partial charge in [0.2, 0.25) is 0 Å². The van der Waals surface area contributed by atoms with E-state index in [0.717, 1.165) is 11.3 Å². The second-order valence-electron chi connectivity index (χ2n) is 2.52. The van der Waals surface area contributed by atoms with Crippen LogP contribution in [-0.4, -0.2) is 14.8 Å². The lowest BCUT2D eigenvalue weighted by molar-refractivity contribution is 0.738. The summed E-state index contributed by atoms with van der Waals surface area (Å²) in [6.07, 6.45) is 2.45. The molecule has 0 saturated heterocycles. The summed E-state index contributed by atoms with van der Waals surface area (Å²) in [6, 6.07) is 0. The molecule has 11 heavy (non-hydrogen) atoms. The minimum Gasteiger partial charge on any atom is -0.393 e. The van der Waals surface area contributed by atoms with E-state index in [0.29, 0.717) is 11.4 Å². The number of thiocarbonyl (C=S) groups is 1. The fourth-order valence-corrected chi connectivity index (χ4v) is 1.06. The Balaban J connectivity index is 2.87. The number of nitrogens with two attached hydrogens (primary N) is 1. The van der Waals surface area contributed by atoms with Crippen LogP contribution in [-0.2, 0) is 13.5 Å². The standard InChI is InChI=1S/C7H11N3S/c1-5-6(3-7(8)11)4-9-10(5)2/h4H,3H2,1-2H3,(H2,8,11). The van der Waals surface area contributed by atoms with Crippen LogP contribution in [0.2, 0.25) is 0 Å². The summed E-state index contributed by atoms with van der Waals surface area (Å²) < 4.78 is 1.81. The summed E-state index contributed by atoms with van der Waals surface area (Å²) in [4.78, 5) is 0.515. The zero-order valence-corrected chi connectivity index (χ0v) is 7.48. The van der Waals surface area contributed by atoms with Gasteiger partial charge in [-0.15, -0.1) is 0 Å². The topological polar surface area (TPSA) is 43.8 Å². The van der Waals surface area contributed by atoms with Crippen LogP contribution in [0.1, 0.15) is 11.3 Å². The van der Waals surface area contributed by atoms with E-state index in [2.05, 4.69) is 5.10 Å². The molecule has 0 atom stereocenters. The van der Waals surface area contributed by atoms with Crippen molar-refractivity contribution in [3.05, 3.63) is 17.5 Å². The molecule has 0 saturated carbocycles. The molecule has 0 amide bonds. The first-order valence-electron chi connectivity index (χ1n) is 3.37. The molecule has 1 aromatic rings. The van der Waals surface area contributed by atoms with E-state index < -0.39 is 0 Å². The van der Waals surface area contributed by atoms with Crippen LogP contribution < -0.4 is 5.73 Å². The summed E-state index contributed by atoms with van der Waals surface area (Å²) in [5, 5.41) is 4.07. The molecule has 0 aliphatic rings. The highest BCUT2D eigenvalue weighted by Crippen LogP contribution is 2.05. The predicted octanol–water partition coefficient (Wildman–Crippen LogP) is 0.557. The van der Waals surface area contributed by atoms with Gasteiger partial charge in [0.25, 0.3) is 0 Å². The Morgan fingerprint density at radius 1 is 1.82 bits per heavy atom. The first kappa shape index (κ1) is 8.20. The molecule has 4 heteroatoms. The average Bonchev–Trinajstić information content (AvgIpc) is 2.18. The third-order valence-electron chi connectivity index (χ3n) is 1.70. The van der Waals surface area contributed by atoms with Crippen molar-refractivity contribution in [2.45, 2.75) is 13.3 Å². The Kier molecular flexibility index (Phi) is 2.24. The van der Waals surface area contributed by atoms with Gasteiger partial charge in [0, 0.05) is 19.2 Å². The lowest BCUT2D eigenvalue weighted by Crippen LogP contribution is -2.11. The van der Waals surface area contributed by atoms with Gasteiger partial charge in [-0.3, -0.25) is 4.68 Å². The molecule has 3 nitrogen and oxygen atoms in total. The number of nitrogens with zero attached hydrogens (tertiary/aromatic N) is 2. The van der Waals surface area contributed by atoms with Gasteiger partial charge >= 0.3 is 0 Å². The van der Waals surface area contributed by atoms with Crippen LogP contribution in [0.5, 0.6) is 0 Å². The molecule has 1 rings (SSSR count). The van der Waals surface area contributed by atoms with E-state index in [-0.39, 0.29) is 0 Å². The highest BCUT2D eigenvalue weighted by molar-refractivity contribution is 7.80. The minimum absolute atomic E-state index is 0.515. The number of aryl methyl sites for hydroxylation is 1. The zero-order valence-electron chi connectivity index (χ0n) is 6.66. The molecular weight excluding hydrogens is 158 g/mol. The van der Waals surface area contributed by atoms with Crippen molar-refractivity contribution in [3.8, 4) is 0 Å². The predicted molar refractivity (Wildman–Crippen MR) is 48.4 cm³/mol. The maximum absolute atomic E-state index is 5.40. The van der Waals surface area contributed by atoms with Crippen LogP contribution in [0.15, 0.2) is 6.20 Å². The average molecular weight is 169 g/mol. The minimum atomic E-state index is 0.515. The second kappa shape index (κ2) is 3.00. The normalized spacial score (nSPS) is 10.0. The molecule has 0 radical (unpaired) electrons. The molecule has 60 valence electrons. The van der Waals surface area contributed by atoms with Gasteiger partial charge in [0.15, 0.2) is 0 Å². The first-order valence-corrected chi connectivity index (χ1v) is 3.78. The van der Waals surface area contributed by atoms with E-state index in [9.17, 15) is 0 Å². The Morgan fingerprint density at radius 2 is 2.45 bits per heavy atom. The van der Waals surface area contributed by atoms with Crippen LogP contribution >= 0.6 is 12.2 Å². The molecule has 2 N–H and O–H groups in total. The highest BCUT2D eigenvalue weighted by atomic mass is 32.1. The third-order valence-corrected chi connectivity index (χ3v) is 1.85. The summed E-state index contributed by atoms with van der Waals surface area (Å²) >= 11 is 4.79. The Labute approximate surface area is 71.2 Å². The van der Waals surface area contributed by atoms with Crippen molar-refractivity contribution in [2.24, 2.45) is 12.8 Å². The van der Waals surface area contributed by atoms with Gasteiger partial charge in [-0.2, -0.15) is 5.10 Å². The first-order chi connectivity index (χ1) is 5.11. The van der Waals surface area contributed by atoms with Gasteiger partial charge in [-0.05, 0) is 12.5 Å². The lowest BCUT2D eigenvalue weighted by atomic mass is 10.2. The molecule has 0 spiro atoms. The smallest absolute Gasteiger partial charge is 0.0773 e. The van der Waals surface area contributed by atoms with Crippen LogP contribution in [0, 0.1) is 6.92 Å². The van der Waals surface area contributed by atoms with Gasteiger partial charge in [-0.25, -0.2) is 0 Å². The molecular formula is C7H11N3S. The molecule has 0 fully saturated rings. The van der Waals surface area contributed by atoms with E-state index >= 15 is 0 Å². The number of aromatic nitrogens is 2. The summed E-state index contributed by atoms with van der Waals surface area (Å²) in [7, 11) is 1.90. The highest BCUT2D eigenvalue weighted by Gasteiger charge is 2.03. The van der Waals surface area contributed by atoms with Gasteiger partial charge in [0.05, 0.1) is 11.2 Å². The lowest BCUT2D eigenvalue weighted by Gasteiger charge is -1.97. The molecule has 0 aliphatic heterocycles. The molecule has 1 heterocycles. The molecule has 0 bridgehead atoms. The number of hydrogen-bond acceptors (Lipinski definition) is 2. The Morgan fingerprint density at radius 3 is 2.82 bits per heavy atom. The summed E-state index contributed by atoms with van der Waals surface area (Å²) in [5.41, 5.74) is 7.63. The fourth-order valence-electron chi connectivity index (χ4n) is 0.905. The SMILES string of the molecule is Cc1c(CC(N)=S)cnn1C.